The van der Waals surface area contributed by atoms with Crippen molar-refractivity contribution in [2.24, 2.45) is 0 Å². The Morgan fingerprint density at radius 3 is 2.26 bits per heavy atom. The Bertz CT molecular complexity index is 1070. The molecule has 0 radical (unpaired) electrons. The van der Waals surface area contributed by atoms with Crippen molar-refractivity contribution in [1.29, 1.82) is 0 Å². The van der Waals surface area contributed by atoms with Crippen LogP contribution < -0.4 is 9.64 Å². The van der Waals surface area contributed by atoms with Crippen molar-refractivity contribution >= 4 is 11.5 Å². The normalized spacial score (nSPS) is 21.0. The van der Waals surface area contributed by atoms with Crippen LogP contribution in [0.2, 0.25) is 0 Å². The van der Waals surface area contributed by atoms with Gasteiger partial charge in [0.05, 0.1) is 13.7 Å². The van der Waals surface area contributed by atoms with Crippen LogP contribution in [0.15, 0.2) is 78.9 Å². The molecule has 0 aliphatic carbocycles. The van der Waals surface area contributed by atoms with Gasteiger partial charge in [-0.05, 0) is 54.7 Å². The molecule has 2 aliphatic heterocycles. The van der Waals surface area contributed by atoms with Gasteiger partial charge in [0.15, 0.2) is 6.54 Å². The van der Waals surface area contributed by atoms with Crippen molar-refractivity contribution in [1.82, 2.24) is 0 Å². The van der Waals surface area contributed by atoms with E-state index in [0.29, 0.717) is 6.54 Å². The van der Waals surface area contributed by atoms with Gasteiger partial charge < -0.3 is 9.84 Å². The first-order chi connectivity index (χ1) is 15.2. The zero-order valence-corrected chi connectivity index (χ0v) is 18.0. The third-order valence-electron chi connectivity index (χ3n) is 6.52. The first kappa shape index (κ1) is 19.8. The van der Waals surface area contributed by atoms with Crippen molar-refractivity contribution in [2.45, 2.75) is 31.4 Å². The van der Waals surface area contributed by atoms with Crippen LogP contribution >= 0.6 is 0 Å². The van der Waals surface area contributed by atoms with Gasteiger partial charge in [0.2, 0.25) is 0 Å². The minimum atomic E-state index is -1.10. The Morgan fingerprint density at radius 2 is 1.55 bits per heavy atom. The average molecular weight is 414 g/mol. The van der Waals surface area contributed by atoms with Crippen LogP contribution in [0.4, 0.5) is 5.69 Å². The molecule has 0 spiro atoms. The summed E-state index contributed by atoms with van der Waals surface area (Å²) in [6, 6.07) is 26.8. The molecular formula is C27H29N2O2+. The molecule has 5 rings (SSSR count). The lowest BCUT2D eigenvalue weighted by atomic mass is 9.96. The second-order valence-corrected chi connectivity index (χ2v) is 8.44. The number of ether oxygens (including phenoxy) is 1. The molecule has 3 aromatic rings. The summed E-state index contributed by atoms with van der Waals surface area (Å²) in [4.78, 5) is 2.15. The molecule has 31 heavy (non-hydrogen) atoms. The molecule has 2 heterocycles. The molecule has 2 aliphatic rings. The average Bonchev–Trinajstić information content (AvgIpc) is 2.95. The molecule has 158 valence electrons. The molecular weight excluding hydrogens is 384 g/mol. The highest BCUT2D eigenvalue weighted by atomic mass is 16.5. The third kappa shape index (κ3) is 3.61. The Hall–Kier alpha value is -3.11. The van der Waals surface area contributed by atoms with Gasteiger partial charge in [-0.3, -0.25) is 4.58 Å². The number of benzene rings is 3. The van der Waals surface area contributed by atoms with Crippen LogP contribution in [-0.2, 0) is 5.72 Å². The Kier molecular flexibility index (Phi) is 5.24. The Labute approximate surface area is 184 Å². The molecule has 0 saturated heterocycles. The maximum Gasteiger partial charge on any atom is 0.275 e. The Balaban J connectivity index is 1.55. The SMILES string of the molecule is COc1ccc(N2C3=[N+](CCCCC3)C[C@]2(O)c2ccc(-c3ccccc3)cc2)cc1. The van der Waals surface area contributed by atoms with Crippen molar-refractivity contribution in [2.75, 3.05) is 25.1 Å². The second kappa shape index (κ2) is 8.20. The van der Waals surface area contributed by atoms with E-state index in [1.54, 1.807) is 7.11 Å². The number of hydrogen-bond donors (Lipinski definition) is 1. The van der Waals surface area contributed by atoms with Gasteiger partial charge in [-0.25, -0.2) is 0 Å². The lowest BCUT2D eigenvalue weighted by Gasteiger charge is -2.29. The first-order valence-electron chi connectivity index (χ1n) is 11.1. The van der Waals surface area contributed by atoms with E-state index in [1.807, 2.05) is 30.3 Å². The van der Waals surface area contributed by atoms with E-state index < -0.39 is 5.72 Å². The summed E-state index contributed by atoms with van der Waals surface area (Å²) in [7, 11) is 1.68. The predicted octanol–water partition coefficient (Wildman–Crippen LogP) is 5.01. The summed E-state index contributed by atoms with van der Waals surface area (Å²) in [6.07, 6.45) is 4.54. The predicted molar refractivity (Wildman–Crippen MR) is 125 cm³/mol. The smallest absolute Gasteiger partial charge is 0.275 e. The number of methoxy groups -OCH3 is 1. The zero-order chi connectivity index (χ0) is 21.3. The maximum absolute atomic E-state index is 12.1. The van der Waals surface area contributed by atoms with Crippen LogP contribution in [0.3, 0.4) is 0 Å². The van der Waals surface area contributed by atoms with Gasteiger partial charge in [0, 0.05) is 12.0 Å². The number of hydrogen-bond acceptors (Lipinski definition) is 3. The van der Waals surface area contributed by atoms with Gasteiger partial charge >= 0.3 is 0 Å². The quantitative estimate of drug-likeness (QED) is 0.611. The van der Waals surface area contributed by atoms with Crippen LogP contribution in [0.1, 0.15) is 31.2 Å². The largest absolute Gasteiger partial charge is 0.497 e. The highest BCUT2D eigenvalue weighted by Crippen LogP contribution is 2.39. The monoisotopic (exact) mass is 413 g/mol. The van der Waals surface area contributed by atoms with Crippen LogP contribution in [-0.4, -0.2) is 35.7 Å². The fourth-order valence-electron chi connectivity index (χ4n) is 4.90. The number of aliphatic hydroxyl groups is 1. The Morgan fingerprint density at radius 1 is 0.839 bits per heavy atom. The summed E-state index contributed by atoms with van der Waals surface area (Å²) in [5, 5.41) is 12.1. The minimum absolute atomic E-state index is 0.582. The summed E-state index contributed by atoms with van der Waals surface area (Å²) in [5.41, 5.74) is 3.15. The third-order valence-corrected chi connectivity index (χ3v) is 6.52. The molecule has 0 amide bonds. The fraction of sp³-hybridized carbons (Fsp3) is 0.296. The highest BCUT2D eigenvalue weighted by molar-refractivity contribution is 5.97. The summed E-state index contributed by atoms with van der Waals surface area (Å²) in [5.74, 6) is 2.04. The molecule has 0 fully saturated rings. The molecule has 0 bridgehead atoms. The van der Waals surface area contributed by atoms with E-state index in [2.05, 4.69) is 58.0 Å². The summed E-state index contributed by atoms with van der Waals surface area (Å²) in [6.45, 7) is 1.57. The first-order valence-corrected chi connectivity index (χ1v) is 11.1. The van der Waals surface area contributed by atoms with E-state index in [1.165, 1.54) is 24.2 Å². The van der Waals surface area contributed by atoms with Crippen LogP contribution in [0, 0.1) is 0 Å². The number of amidine groups is 1. The maximum atomic E-state index is 12.1. The fourth-order valence-corrected chi connectivity index (χ4v) is 4.90. The molecule has 0 unspecified atom stereocenters. The van der Waals surface area contributed by atoms with E-state index >= 15 is 0 Å². The van der Waals surface area contributed by atoms with Crippen molar-refractivity contribution in [3.05, 3.63) is 84.4 Å². The molecule has 4 nitrogen and oxygen atoms in total. The molecule has 4 heteroatoms. The van der Waals surface area contributed by atoms with Crippen LogP contribution in [0.5, 0.6) is 5.75 Å². The topological polar surface area (TPSA) is 35.7 Å². The van der Waals surface area contributed by atoms with Crippen molar-refractivity contribution < 1.29 is 14.4 Å². The highest BCUT2D eigenvalue weighted by Gasteiger charge is 2.54. The van der Waals surface area contributed by atoms with Gasteiger partial charge in [0.1, 0.15) is 11.4 Å². The van der Waals surface area contributed by atoms with E-state index in [0.717, 1.165) is 42.0 Å². The van der Waals surface area contributed by atoms with Crippen molar-refractivity contribution in [3.63, 3.8) is 0 Å². The van der Waals surface area contributed by atoms with E-state index in [4.69, 9.17) is 4.74 Å². The molecule has 0 aromatic heterocycles. The standard InChI is InChI=1S/C27H29N2O2/c1-31-25-17-15-24(16-18-25)29-26-10-6-3-7-19-28(26)20-27(29,30)23-13-11-22(12-14-23)21-8-4-2-5-9-21/h2,4-5,8-9,11-18,30H,3,6-7,10,19-20H2,1H3/q+1/t27-/m0/s1. The molecule has 1 atom stereocenters. The van der Waals surface area contributed by atoms with Gasteiger partial charge in [-0.15, -0.1) is 0 Å². The van der Waals surface area contributed by atoms with Gasteiger partial charge in [-0.1, -0.05) is 54.6 Å². The molecule has 3 aromatic carbocycles. The second-order valence-electron chi connectivity index (χ2n) is 8.44. The van der Waals surface area contributed by atoms with Gasteiger partial charge in [-0.2, -0.15) is 4.90 Å². The van der Waals surface area contributed by atoms with Crippen LogP contribution in [0.25, 0.3) is 11.1 Å². The lowest BCUT2D eigenvalue weighted by Crippen LogP contribution is -2.47. The number of anilines is 1. The lowest BCUT2D eigenvalue weighted by molar-refractivity contribution is -0.534. The summed E-state index contributed by atoms with van der Waals surface area (Å²) >= 11 is 0. The zero-order valence-electron chi connectivity index (χ0n) is 18.0. The molecule has 0 saturated carbocycles. The molecule has 1 N–H and O–H groups in total. The van der Waals surface area contributed by atoms with Crippen molar-refractivity contribution in [3.8, 4) is 16.9 Å². The number of nitrogens with zero attached hydrogens (tertiary/aromatic N) is 2. The van der Waals surface area contributed by atoms with Gasteiger partial charge in [0.25, 0.3) is 11.6 Å². The summed E-state index contributed by atoms with van der Waals surface area (Å²) < 4.78 is 7.73. The minimum Gasteiger partial charge on any atom is -0.497 e. The van der Waals surface area contributed by atoms with E-state index in [-0.39, 0.29) is 0 Å². The number of rotatable bonds is 4. The van der Waals surface area contributed by atoms with E-state index in [9.17, 15) is 5.11 Å².